The third kappa shape index (κ3) is 4.73. The highest BCUT2D eigenvalue weighted by Crippen LogP contribution is 2.19. The van der Waals surface area contributed by atoms with Crippen molar-refractivity contribution in [3.63, 3.8) is 0 Å². The molecule has 0 aliphatic rings. The van der Waals surface area contributed by atoms with Crippen molar-refractivity contribution in [3.05, 3.63) is 64.7 Å². The molecule has 0 fully saturated rings. The Kier molecular flexibility index (Phi) is 6.72. The zero-order valence-electron chi connectivity index (χ0n) is 15.7. The zero-order valence-corrected chi connectivity index (χ0v) is 16.5. The number of hydrogen-bond donors (Lipinski definition) is 1. The normalized spacial score (nSPS) is 11.2. The fourth-order valence-corrected chi connectivity index (χ4v) is 4.23. The van der Waals surface area contributed by atoms with Gasteiger partial charge in [0.05, 0.1) is 16.5 Å². The van der Waals surface area contributed by atoms with Crippen LogP contribution < -0.4 is 5.32 Å². The van der Waals surface area contributed by atoms with Crippen LogP contribution in [0.25, 0.3) is 0 Å². The van der Waals surface area contributed by atoms with E-state index in [9.17, 15) is 13.2 Å². The Hall–Kier alpha value is -2.69. The average molecular weight is 385 g/mol. The molecule has 0 unspecified atom stereocenters. The highest BCUT2D eigenvalue weighted by molar-refractivity contribution is 7.89. The SMILES string of the molecule is CCN(CC)S(=O)(=O)c1ccc(C)c(C(=O)NCc2cccc(C#N)c2)c1. The molecule has 1 N–H and O–H groups in total. The Balaban J connectivity index is 2.25. The third-order valence-corrected chi connectivity index (χ3v) is 6.35. The first-order valence-electron chi connectivity index (χ1n) is 8.71. The second-order valence-electron chi connectivity index (χ2n) is 6.06. The molecule has 6 nitrogen and oxygen atoms in total. The molecule has 2 aromatic carbocycles. The number of nitrogens with zero attached hydrogens (tertiary/aromatic N) is 2. The molecule has 2 rings (SSSR count). The summed E-state index contributed by atoms with van der Waals surface area (Å²) in [5.74, 6) is -0.355. The Morgan fingerprint density at radius 2 is 1.85 bits per heavy atom. The lowest BCUT2D eigenvalue weighted by Crippen LogP contribution is -2.31. The van der Waals surface area contributed by atoms with Crippen molar-refractivity contribution in [3.8, 4) is 6.07 Å². The zero-order chi connectivity index (χ0) is 20.0. The minimum absolute atomic E-state index is 0.105. The van der Waals surface area contributed by atoms with Gasteiger partial charge in [-0.25, -0.2) is 8.42 Å². The summed E-state index contributed by atoms with van der Waals surface area (Å²) in [6.45, 7) is 6.29. The molecule has 0 saturated carbocycles. The van der Waals surface area contributed by atoms with Gasteiger partial charge in [0.15, 0.2) is 0 Å². The van der Waals surface area contributed by atoms with Gasteiger partial charge < -0.3 is 5.32 Å². The van der Waals surface area contributed by atoms with Crippen molar-refractivity contribution in [1.29, 1.82) is 5.26 Å². The summed E-state index contributed by atoms with van der Waals surface area (Å²) in [6, 6.07) is 13.6. The van der Waals surface area contributed by atoms with Crippen LogP contribution >= 0.6 is 0 Å². The molecule has 0 atom stereocenters. The topological polar surface area (TPSA) is 90.3 Å². The quantitative estimate of drug-likeness (QED) is 0.793. The van der Waals surface area contributed by atoms with E-state index < -0.39 is 10.0 Å². The van der Waals surface area contributed by atoms with Crippen LogP contribution in [0.5, 0.6) is 0 Å². The number of sulfonamides is 1. The average Bonchev–Trinajstić information content (AvgIpc) is 2.67. The van der Waals surface area contributed by atoms with E-state index in [0.717, 1.165) is 5.56 Å². The van der Waals surface area contributed by atoms with Crippen LogP contribution in [-0.4, -0.2) is 31.7 Å². The van der Waals surface area contributed by atoms with Gasteiger partial charge in [-0.2, -0.15) is 9.57 Å². The maximum Gasteiger partial charge on any atom is 0.251 e. The molecule has 2 aromatic rings. The summed E-state index contributed by atoms with van der Waals surface area (Å²) in [6.07, 6.45) is 0. The lowest BCUT2D eigenvalue weighted by Gasteiger charge is -2.19. The summed E-state index contributed by atoms with van der Waals surface area (Å²) in [4.78, 5) is 12.7. The maximum absolute atomic E-state index is 12.7. The molecular weight excluding hydrogens is 362 g/mol. The lowest BCUT2D eigenvalue weighted by molar-refractivity contribution is 0.0950. The largest absolute Gasteiger partial charge is 0.348 e. The van der Waals surface area contributed by atoms with Gasteiger partial charge in [-0.3, -0.25) is 4.79 Å². The summed E-state index contributed by atoms with van der Waals surface area (Å²) in [7, 11) is -3.63. The van der Waals surface area contributed by atoms with E-state index in [1.165, 1.54) is 16.4 Å². The van der Waals surface area contributed by atoms with Gasteiger partial charge in [-0.15, -0.1) is 0 Å². The summed E-state index contributed by atoms with van der Waals surface area (Å²) >= 11 is 0. The number of carbonyl (C=O) groups is 1. The Morgan fingerprint density at radius 1 is 1.15 bits per heavy atom. The van der Waals surface area contributed by atoms with Gasteiger partial charge in [0, 0.05) is 25.2 Å². The maximum atomic E-state index is 12.7. The number of amides is 1. The Bertz CT molecular complexity index is 974. The second kappa shape index (κ2) is 8.80. The number of aryl methyl sites for hydroxylation is 1. The van der Waals surface area contributed by atoms with Crippen LogP contribution in [0.2, 0.25) is 0 Å². The first-order chi connectivity index (χ1) is 12.8. The minimum Gasteiger partial charge on any atom is -0.348 e. The third-order valence-electron chi connectivity index (χ3n) is 4.31. The smallest absolute Gasteiger partial charge is 0.251 e. The van der Waals surface area contributed by atoms with Crippen molar-refractivity contribution < 1.29 is 13.2 Å². The van der Waals surface area contributed by atoms with Crippen LogP contribution in [0.15, 0.2) is 47.4 Å². The van der Waals surface area contributed by atoms with Crippen molar-refractivity contribution in [2.75, 3.05) is 13.1 Å². The summed E-state index contributed by atoms with van der Waals surface area (Å²) in [5, 5.41) is 11.7. The van der Waals surface area contributed by atoms with Gasteiger partial charge >= 0.3 is 0 Å². The van der Waals surface area contributed by atoms with Gasteiger partial charge in [0.2, 0.25) is 10.0 Å². The molecule has 0 spiro atoms. The Labute approximate surface area is 160 Å². The van der Waals surface area contributed by atoms with Crippen LogP contribution in [0.4, 0.5) is 0 Å². The van der Waals surface area contributed by atoms with Crippen LogP contribution in [0.3, 0.4) is 0 Å². The fourth-order valence-electron chi connectivity index (χ4n) is 2.75. The molecule has 7 heteroatoms. The second-order valence-corrected chi connectivity index (χ2v) is 8.00. The van der Waals surface area contributed by atoms with E-state index in [4.69, 9.17) is 5.26 Å². The van der Waals surface area contributed by atoms with Gasteiger partial charge in [0.1, 0.15) is 0 Å². The van der Waals surface area contributed by atoms with E-state index >= 15 is 0 Å². The highest BCUT2D eigenvalue weighted by atomic mass is 32.2. The lowest BCUT2D eigenvalue weighted by atomic mass is 10.1. The van der Waals surface area contributed by atoms with E-state index in [1.807, 2.05) is 6.07 Å². The van der Waals surface area contributed by atoms with E-state index in [0.29, 0.717) is 29.8 Å². The molecule has 0 radical (unpaired) electrons. The number of nitriles is 1. The van der Waals surface area contributed by atoms with Crippen LogP contribution in [0.1, 0.15) is 40.9 Å². The van der Waals surface area contributed by atoms with Gasteiger partial charge in [0.25, 0.3) is 5.91 Å². The molecule has 0 bridgehead atoms. The number of rotatable bonds is 7. The predicted octanol–water partition coefficient (Wildman–Crippen LogP) is 2.83. The monoisotopic (exact) mass is 385 g/mol. The van der Waals surface area contributed by atoms with Crippen molar-refractivity contribution in [2.45, 2.75) is 32.2 Å². The molecule has 27 heavy (non-hydrogen) atoms. The molecule has 0 aliphatic heterocycles. The number of benzene rings is 2. The molecule has 142 valence electrons. The first kappa shape index (κ1) is 20.6. The van der Waals surface area contributed by atoms with Crippen molar-refractivity contribution in [2.24, 2.45) is 0 Å². The summed E-state index contributed by atoms with van der Waals surface area (Å²) in [5.41, 5.74) is 2.33. The molecule has 0 aromatic heterocycles. The molecular formula is C20H23N3O3S. The predicted molar refractivity (Wildman–Crippen MR) is 104 cm³/mol. The van der Waals surface area contributed by atoms with Crippen molar-refractivity contribution >= 4 is 15.9 Å². The number of carbonyl (C=O) groups excluding carboxylic acids is 1. The van der Waals surface area contributed by atoms with Crippen molar-refractivity contribution in [1.82, 2.24) is 9.62 Å². The van der Waals surface area contributed by atoms with Gasteiger partial charge in [-0.05, 0) is 42.3 Å². The standard InChI is InChI=1S/C20H23N3O3S/c1-4-23(5-2)27(25,26)18-10-9-15(3)19(12-18)20(24)22-14-17-8-6-7-16(11-17)13-21/h6-12H,4-5,14H2,1-3H3,(H,22,24). The molecule has 0 aliphatic carbocycles. The molecule has 0 saturated heterocycles. The minimum atomic E-state index is -3.63. The number of nitrogens with one attached hydrogen (secondary N) is 1. The highest BCUT2D eigenvalue weighted by Gasteiger charge is 2.23. The molecule has 0 heterocycles. The van der Waals surface area contributed by atoms with Crippen LogP contribution in [-0.2, 0) is 16.6 Å². The number of hydrogen-bond acceptors (Lipinski definition) is 4. The van der Waals surface area contributed by atoms with E-state index in [-0.39, 0.29) is 17.3 Å². The molecule has 1 amide bonds. The van der Waals surface area contributed by atoms with E-state index in [2.05, 4.69) is 11.4 Å². The van der Waals surface area contributed by atoms with Crippen LogP contribution in [0, 0.1) is 18.3 Å². The Morgan fingerprint density at radius 3 is 2.48 bits per heavy atom. The fraction of sp³-hybridized carbons (Fsp3) is 0.300. The van der Waals surface area contributed by atoms with E-state index in [1.54, 1.807) is 45.0 Å². The summed E-state index contributed by atoms with van der Waals surface area (Å²) < 4.78 is 26.7. The first-order valence-corrected chi connectivity index (χ1v) is 10.2. The van der Waals surface area contributed by atoms with Gasteiger partial charge in [-0.1, -0.05) is 32.0 Å².